The number of methoxy groups -OCH3 is 1. The third kappa shape index (κ3) is 3.24. The van der Waals surface area contributed by atoms with Crippen molar-refractivity contribution in [3.8, 4) is 0 Å². The van der Waals surface area contributed by atoms with Crippen molar-refractivity contribution in [2.24, 2.45) is 0 Å². The number of rotatable bonds is 5. The Labute approximate surface area is 110 Å². The molecule has 0 amide bonds. The Morgan fingerprint density at radius 2 is 2.38 bits per heavy atom. The maximum absolute atomic E-state index is 4.96. The van der Waals surface area contributed by atoms with Crippen LogP contribution in [0.25, 0.3) is 0 Å². The van der Waals surface area contributed by atoms with Crippen LogP contribution < -0.4 is 5.32 Å². The van der Waals surface area contributed by atoms with Crippen molar-refractivity contribution in [3.63, 3.8) is 0 Å². The minimum absolute atomic E-state index is 0.461. The predicted molar refractivity (Wildman–Crippen MR) is 70.0 cm³/mol. The Bertz CT molecular complexity index is 457. The predicted octanol–water partition coefficient (Wildman–Crippen LogP) is 3.12. The van der Waals surface area contributed by atoms with E-state index in [1.807, 2.05) is 6.07 Å². The van der Waals surface area contributed by atoms with Gasteiger partial charge in [0.2, 0.25) is 5.13 Å². The van der Waals surface area contributed by atoms with Gasteiger partial charge in [-0.25, -0.2) is 4.98 Å². The van der Waals surface area contributed by atoms with Crippen LogP contribution >= 0.6 is 38.8 Å². The standard InChI is InChI=1S/C9H10BrN3OS2/c1-14-5-8-12-9(16-13-8)11-4-6-2-3-7(10)15-6/h2-3H,4-5H2,1H3,(H,11,12,13). The minimum Gasteiger partial charge on any atom is -0.377 e. The van der Waals surface area contributed by atoms with Gasteiger partial charge in [0.25, 0.3) is 0 Å². The summed E-state index contributed by atoms with van der Waals surface area (Å²) in [6, 6.07) is 4.12. The van der Waals surface area contributed by atoms with Gasteiger partial charge >= 0.3 is 0 Å². The van der Waals surface area contributed by atoms with Gasteiger partial charge in [-0.05, 0) is 28.1 Å². The summed E-state index contributed by atoms with van der Waals surface area (Å²) < 4.78 is 10.3. The molecule has 0 aromatic carbocycles. The number of thiophene rings is 1. The van der Waals surface area contributed by atoms with E-state index in [9.17, 15) is 0 Å². The van der Waals surface area contributed by atoms with E-state index in [-0.39, 0.29) is 0 Å². The lowest BCUT2D eigenvalue weighted by Gasteiger charge is -1.97. The highest BCUT2D eigenvalue weighted by atomic mass is 79.9. The van der Waals surface area contributed by atoms with Gasteiger partial charge in [0.15, 0.2) is 5.82 Å². The Morgan fingerprint density at radius 1 is 1.50 bits per heavy atom. The molecule has 0 unspecified atom stereocenters. The molecule has 2 heterocycles. The van der Waals surface area contributed by atoms with Gasteiger partial charge in [0, 0.05) is 23.5 Å². The molecule has 7 heteroatoms. The van der Waals surface area contributed by atoms with Crippen LogP contribution in [-0.2, 0) is 17.9 Å². The summed E-state index contributed by atoms with van der Waals surface area (Å²) >= 11 is 6.50. The van der Waals surface area contributed by atoms with E-state index in [2.05, 4.69) is 36.7 Å². The Hall–Kier alpha value is -0.500. The summed E-state index contributed by atoms with van der Waals surface area (Å²) in [6.07, 6.45) is 0. The molecule has 2 aromatic rings. The van der Waals surface area contributed by atoms with Gasteiger partial charge < -0.3 is 10.1 Å². The summed E-state index contributed by atoms with van der Waals surface area (Å²) in [6.45, 7) is 1.24. The number of ether oxygens (including phenoxy) is 1. The second-order valence-corrected chi connectivity index (χ2v) is 6.31. The van der Waals surface area contributed by atoms with Crippen molar-refractivity contribution < 1.29 is 4.74 Å². The molecule has 86 valence electrons. The average Bonchev–Trinajstić information content (AvgIpc) is 2.85. The van der Waals surface area contributed by atoms with Gasteiger partial charge in [-0.1, -0.05) is 0 Å². The number of halogens is 1. The van der Waals surface area contributed by atoms with Crippen LogP contribution in [0.1, 0.15) is 10.7 Å². The van der Waals surface area contributed by atoms with Crippen molar-refractivity contribution >= 4 is 43.9 Å². The first-order valence-electron chi connectivity index (χ1n) is 4.57. The molecule has 0 spiro atoms. The maximum atomic E-state index is 4.96. The van der Waals surface area contributed by atoms with E-state index in [0.29, 0.717) is 6.61 Å². The number of nitrogens with zero attached hydrogens (tertiary/aromatic N) is 2. The molecule has 16 heavy (non-hydrogen) atoms. The van der Waals surface area contributed by atoms with Crippen LogP contribution in [0.15, 0.2) is 15.9 Å². The van der Waals surface area contributed by atoms with Gasteiger partial charge in [-0.3, -0.25) is 0 Å². The number of anilines is 1. The molecule has 0 bridgehead atoms. The van der Waals surface area contributed by atoms with Gasteiger partial charge in [0.05, 0.1) is 10.3 Å². The van der Waals surface area contributed by atoms with E-state index in [0.717, 1.165) is 21.3 Å². The highest BCUT2D eigenvalue weighted by Crippen LogP contribution is 2.23. The van der Waals surface area contributed by atoms with Gasteiger partial charge in [0.1, 0.15) is 6.61 Å². The first-order chi connectivity index (χ1) is 7.78. The quantitative estimate of drug-likeness (QED) is 0.919. The molecule has 0 saturated heterocycles. The first kappa shape index (κ1) is 12.0. The molecular weight excluding hydrogens is 310 g/mol. The van der Waals surface area contributed by atoms with Crippen LogP contribution in [-0.4, -0.2) is 16.5 Å². The molecule has 0 aliphatic carbocycles. The Kier molecular flexibility index (Phi) is 4.28. The average molecular weight is 320 g/mol. The Morgan fingerprint density at radius 3 is 3.06 bits per heavy atom. The van der Waals surface area contributed by atoms with Crippen LogP contribution in [0.2, 0.25) is 0 Å². The van der Waals surface area contributed by atoms with Crippen molar-refractivity contribution in [1.29, 1.82) is 0 Å². The molecule has 0 atom stereocenters. The molecular formula is C9H10BrN3OS2. The van der Waals surface area contributed by atoms with E-state index in [1.165, 1.54) is 16.4 Å². The molecule has 0 fully saturated rings. The molecule has 0 radical (unpaired) electrons. The minimum atomic E-state index is 0.461. The molecule has 0 aliphatic rings. The van der Waals surface area contributed by atoms with E-state index in [1.54, 1.807) is 18.4 Å². The van der Waals surface area contributed by atoms with Crippen LogP contribution in [0.4, 0.5) is 5.13 Å². The van der Waals surface area contributed by atoms with Crippen molar-refractivity contribution in [1.82, 2.24) is 9.36 Å². The molecule has 4 nitrogen and oxygen atoms in total. The van der Waals surface area contributed by atoms with Crippen molar-refractivity contribution in [3.05, 3.63) is 26.6 Å². The lowest BCUT2D eigenvalue weighted by Crippen LogP contribution is -1.97. The second kappa shape index (κ2) is 5.72. The maximum Gasteiger partial charge on any atom is 0.202 e. The monoisotopic (exact) mass is 319 g/mol. The molecule has 2 rings (SSSR count). The number of aromatic nitrogens is 2. The fourth-order valence-electron chi connectivity index (χ4n) is 1.12. The van der Waals surface area contributed by atoms with E-state index < -0.39 is 0 Å². The third-order valence-corrected chi connectivity index (χ3v) is 4.12. The van der Waals surface area contributed by atoms with Crippen LogP contribution in [0.5, 0.6) is 0 Å². The summed E-state index contributed by atoms with van der Waals surface area (Å²) in [5, 5.41) is 4.06. The lowest BCUT2D eigenvalue weighted by molar-refractivity contribution is 0.179. The highest BCUT2D eigenvalue weighted by molar-refractivity contribution is 9.11. The van der Waals surface area contributed by atoms with E-state index in [4.69, 9.17) is 4.74 Å². The van der Waals surface area contributed by atoms with Gasteiger partial charge in [-0.15, -0.1) is 11.3 Å². The third-order valence-electron chi connectivity index (χ3n) is 1.78. The summed E-state index contributed by atoms with van der Waals surface area (Å²) in [7, 11) is 1.64. The number of hydrogen-bond donors (Lipinski definition) is 1. The topological polar surface area (TPSA) is 47.0 Å². The summed E-state index contributed by atoms with van der Waals surface area (Å²) in [5.74, 6) is 0.724. The summed E-state index contributed by atoms with van der Waals surface area (Å²) in [4.78, 5) is 5.55. The molecule has 0 saturated carbocycles. The largest absolute Gasteiger partial charge is 0.377 e. The zero-order chi connectivity index (χ0) is 11.4. The van der Waals surface area contributed by atoms with E-state index >= 15 is 0 Å². The Balaban J connectivity index is 1.89. The molecule has 2 aromatic heterocycles. The lowest BCUT2D eigenvalue weighted by atomic mass is 10.5. The fourth-order valence-corrected chi connectivity index (χ4v) is 3.11. The molecule has 1 N–H and O–H groups in total. The second-order valence-electron chi connectivity index (χ2n) is 3.01. The zero-order valence-corrected chi connectivity index (χ0v) is 11.8. The molecule has 0 aliphatic heterocycles. The SMILES string of the molecule is COCc1nsc(NCc2ccc(Br)s2)n1. The number of hydrogen-bond acceptors (Lipinski definition) is 6. The zero-order valence-electron chi connectivity index (χ0n) is 8.57. The normalized spacial score (nSPS) is 10.6. The number of nitrogens with one attached hydrogen (secondary N) is 1. The van der Waals surface area contributed by atoms with Crippen LogP contribution in [0, 0.1) is 0 Å². The highest BCUT2D eigenvalue weighted by Gasteiger charge is 2.03. The van der Waals surface area contributed by atoms with Crippen molar-refractivity contribution in [2.75, 3.05) is 12.4 Å². The smallest absolute Gasteiger partial charge is 0.202 e. The summed E-state index contributed by atoms with van der Waals surface area (Å²) in [5.41, 5.74) is 0. The fraction of sp³-hybridized carbons (Fsp3) is 0.333. The first-order valence-corrected chi connectivity index (χ1v) is 6.96. The van der Waals surface area contributed by atoms with Gasteiger partial charge in [-0.2, -0.15) is 4.37 Å². The van der Waals surface area contributed by atoms with Crippen LogP contribution in [0.3, 0.4) is 0 Å². The van der Waals surface area contributed by atoms with Crippen molar-refractivity contribution in [2.45, 2.75) is 13.2 Å².